The second kappa shape index (κ2) is 6.71. The fourth-order valence-electron chi connectivity index (χ4n) is 3.41. The Kier molecular flexibility index (Phi) is 4.22. The fraction of sp³-hybridized carbons (Fsp3) is 0.353. The maximum Gasteiger partial charge on any atom is 0.328 e. The van der Waals surface area contributed by atoms with E-state index in [2.05, 4.69) is 25.3 Å². The SMILES string of the molecule is CC(=O)N1CCCC(n2c(=O)[nH]c3cnc(Nc4ccc[nH]c4=O)nc32)C1. The molecule has 1 aliphatic heterocycles. The first-order valence-corrected chi connectivity index (χ1v) is 8.70. The number of hydrogen-bond donors (Lipinski definition) is 3. The predicted octanol–water partition coefficient (Wildman–Crippen LogP) is 0.735. The van der Waals surface area contributed by atoms with Crippen LogP contribution in [0.2, 0.25) is 0 Å². The number of amides is 1. The Labute approximate surface area is 153 Å². The molecule has 0 bridgehead atoms. The van der Waals surface area contributed by atoms with Gasteiger partial charge in [0.1, 0.15) is 11.2 Å². The Morgan fingerprint density at radius 3 is 3.00 bits per heavy atom. The highest BCUT2D eigenvalue weighted by molar-refractivity contribution is 5.74. The van der Waals surface area contributed by atoms with Gasteiger partial charge < -0.3 is 20.2 Å². The van der Waals surface area contributed by atoms with Crippen molar-refractivity contribution in [1.82, 2.24) is 29.4 Å². The molecule has 10 nitrogen and oxygen atoms in total. The maximum atomic E-state index is 12.5. The predicted molar refractivity (Wildman–Crippen MR) is 99.0 cm³/mol. The summed E-state index contributed by atoms with van der Waals surface area (Å²) in [5.74, 6) is 0.207. The third-order valence-electron chi connectivity index (χ3n) is 4.73. The molecule has 27 heavy (non-hydrogen) atoms. The number of H-pyrrole nitrogens is 2. The zero-order chi connectivity index (χ0) is 19.0. The first-order chi connectivity index (χ1) is 13.0. The molecule has 3 aromatic heterocycles. The minimum atomic E-state index is -0.294. The third-order valence-corrected chi connectivity index (χ3v) is 4.73. The number of rotatable bonds is 3. The monoisotopic (exact) mass is 369 g/mol. The van der Waals surface area contributed by atoms with Gasteiger partial charge in [0.05, 0.1) is 12.2 Å². The number of nitrogens with zero attached hydrogens (tertiary/aromatic N) is 4. The molecule has 3 N–H and O–H groups in total. The van der Waals surface area contributed by atoms with Crippen molar-refractivity contribution < 1.29 is 4.79 Å². The second-order valence-electron chi connectivity index (χ2n) is 6.53. The van der Waals surface area contributed by atoms with Gasteiger partial charge >= 0.3 is 5.69 Å². The van der Waals surface area contributed by atoms with Crippen LogP contribution in [-0.2, 0) is 4.79 Å². The van der Waals surface area contributed by atoms with Crippen molar-refractivity contribution >= 4 is 28.7 Å². The number of aromatic amines is 2. The smallest absolute Gasteiger partial charge is 0.328 e. The van der Waals surface area contributed by atoms with Crippen LogP contribution in [0.5, 0.6) is 0 Å². The minimum absolute atomic E-state index is 0.00660. The Balaban J connectivity index is 1.72. The lowest BCUT2D eigenvalue weighted by Gasteiger charge is -2.32. The van der Waals surface area contributed by atoms with Crippen molar-refractivity contribution in [3.63, 3.8) is 0 Å². The average Bonchev–Trinajstić information content (AvgIpc) is 2.99. The maximum absolute atomic E-state index is 12.5. The van der Waals surface area contributed by atoms with Gasteiger partial charge in [-0.1, -0.05) is 0 Å². The van der Waals surface area contributed by atoms with Crippen LogP contribution in [0.4, 0.5) is 11.6 Å². The van der Waals surface area contributed by atoms with Gasteiger partial charge in [-0.25, -0.2) is 9.78 Å². The molecule has 1 unspecified atom stereocenters. The lowest BCUT2D eigenvalue weighted by molar-refractivity contribution is -0.130. The van der Waals surface area contributed by atoms with Gasteiger partial charge in [0.15, 0.2) is 5.65 Å². The Bertz CT molecular complexity index is 1110. The van der Waals surface area contributed by atoms with Crippen molar-refractivity contribution in [1.29, 1.82) is 0 Å². The first kappa shape index (κ1) is 17.0. The van der Waals surface area contributed by atoms with Crippen molar-refractivity contribution in [2.24, 2.45) is 0 Å². The van der Waals surface area contributed by atoms with Crippen LogP contribution < -0.4 is 16.6 Å². The van der Waals surface area contributed by atoms with E-state index >= 15 is 0 Å². The van der Waals surface area contributed by atoms with Gasteiger partial charge in [-0.05, 0) is 25.0 Å². The average molecular weight is 369 g/mol. The number of piperidine rings is 1. The first-order valence-electron chi connectivity index (χ1n) is 8.70. The van der Waals surface area contributed by atoms with Crippen LogP contribution in [0.15, 0.2) is 34.1 Å². The van der Waals surface area contributed by atoms with Gasteiger partial charge in [0.2, 0.25) is 11.9 Å². The Morgan fingerprint density at radius 2 is 2.22 bits per heavy atom. The zero-order valence-corrected chi connectivity index (χ0v) is 14.7. The summed E-state index contributed by atoms with van der Waals surface area (Å²) in [6.07, 6.45) is 4.64. The van der Waals surface area contributed by atoms with Crippen LogP contribution in [0, 0.1) is 0 Å². The summed E-state index contributed by atoms with van der Waals surface area (Å²) >= 11 is 0. The summed E-state index contributed by atoms with van der Waals surface area (Å²) in [5.41, 5.74) is 0.677. The van der Waals surface area contributed by atoms with E-state index in [4.69, 9.17) is 0 Å². The molecule has 1 aliphatic rings. The van der Waals surface area contributed by atoms with Crippen LogP contribution in [0.1, 0.15) is 25.8 Å². The molecule has 4 heterocycles. The van der Waals surface area contributed by atoms with Gasteiger partial charge in [-0.3, -0.25) is 14.2 Å². The molecule has 1 saturated heterocycles. The number of pyridine rings is 1. The number of carbonyl (C=O) groups excluding carboxylic acids is 1. The molecule has 10 heteroatoms. The summed E-state index contributed by atoms with van der Waals surface area (Å²) in [7, 11) is 0. The second-order valence-corrected chi connectivity index (χ2v) is 6.53. The zero-order valence-electron chi connectivity index (χ0n) is 14.7. The molecule has 4 rings (SSSR count). The number of fused-ring (bicyclic) bond motifs is 1. The highest BCUT2D eigenvalue weighted by Gasteiger charge is 2.26. The van der Waals surface area contributed by atoms with E-state index < -0.39 is 0 Å². The molecule has 0 radical (unpaired) electrons. The van der Waals surface area contributed by atoms with E-state index in [0.29, 0.717) is 29.9 Å². The number of likely N-dealkylation sites (tertiary alicyclic amines) is 1. The summed E-state index contributed by atoms with van der Waals surface area (Å²) < 4.78 is 1.58. The molecule has 1 fully saturated rings. The van der Waals surface area contributed by atoms with Crippen molar-refractivity contribution in [3.05, 3.63) is 45.4 Å². The van der Waals surface area contributed by atoms with Gasteiger partial charge in [-0.15, -0.1) is 0 Å². The third kappa shape index (κ3) is 3.21. The van der Waals surface area contributed by atoms with E-state index in [1.165, 1.54) is 19.3 Å². The lowest BCUT2D eigenvalue weighted by Crippen LogP contribution is -2.41. The van der Waals surface area contributed by atoms with Gasteiger partial charge in [0, 0.05) is 26.2 Å². The van der Waals surface area contributed by atoms with E-state index in [9.17, 15) is 14.4 Å². The van der Waals surface area contributed by atoms with Gasteiger partial charge in [0.25, 0.3) is 5.56 Å². The number of imidazole rings is 1. The summed E-state index contributed by atoms with van der Waals surface area (Å²) in [6.45, 7) is 2.69. The molecular weight excluding hydrogens is 350 g/mol. The quantitative estimate of drug-likeness (QED) is 0.624. The molecular formula is C17H19N7O3. The number of hydrogen-bond acceptors (Lipinski definition) is 6. The number of aromatic nitrogens is 5. The molecule has 0 aromatic carbocycles. The van der Waals surface area contributed by atoms with Crippen LogP contribution >= 0.6 is 0 Å². The Hall–Kier alpha value is -3.43. The fourth-order valence-corrected chi connectivity index (χ4v) is 3.41. The summed E-state index contributed by atoms with van der Waals surface area (Å²) in [5, 5.41) is 2.87. The normalized spacial score (nSPS) is 17.2. The highest BCUT2D eigenvalue weighted by atomic mass is 16.2. The highest BCUT2D eigenvalue weighted by Crippen LogP contribution is 2.23. The van der Waals surface area contributed by atoms with Crippen molar-refractivity contribution in [2.45, 2.75) is 25.8 Å². The van der Waals surface area contributed by atoms with Crippen molar-refractivity contribution in [2.75, 3.05) is 18.4 Å². The summed E-state index contributed by atoms with van der Waals surface area (Å²) in [4.78, 5) is 51.7. The van der Waals surface area contributed by atoms with Crippen molar-refractivity contribution in [3.8, 4) is 0 Å². The van der Waals surface area contributed by atoms with Crippen LogP contribution in [-0.4, -0.2) is 48.4 Å². The van der Waals surface area contributed by atoms with E-state index in [0.717, 1.165) is 12.8 Å². The number of anilines is 2. The lowest BCUT2D eigenvalue weighted by atomic mass is 10.1. The van der Waals surface area contributed by atoms with Crippen LogP contribution in [0.25, 0.3) is 11.2 Å². The van der Waals surface area contributed by atoms with Gasteiger partial charge in [-0.2, -0.15) is 4.98 Å². The molecule has 0 saturated carbocycles. The summed E-state index contributed by atoms with van der Waals surface area (Å²) in [6, 6.07) is 3.14. The molecule has 0 spiro atoms. The largest absolute Gasteiger partial charge is 0.341 e. The number of nitrogens with one attached hydrogen (secondary N) is 3. The van der Waals surface area contributed by atoms with E-state index in [1.54, 1.807) is 21.6 Å². The Morgan fingerprint density at radius 1 is 1.37 bits per heavy atom. The van der Waals surface area contributed by atoms with E-state index in [-0.39, 0.29) is 29.1 Å². The number of carbonyl (C=O) groups is 1. The molecule has 1 atom stereocenters. The molecule has 140 valence electrons. The van der Waals surface area contributed by atoms with E-state index in [1.807, 2.05) is 0 Å². The van der Waals surface area contributed by atoms with Crippen LogP contribution in [0.3, 0.4) is 0 Å². The molecule has 3 aromatic rings. The molecule has 0 aliphatic carbocycles. The molecule has 1 amide bonds. The topological polar surface area (TPSA) is 129 Å². The minimum Gasteiger partial charge on any atom is -0.341 e. The standard InChI is InChI=1S/C17H19N7O3/c1-10(25)23-7-3-4-11(9-23)24-14-13(21-17(24)27)8-19-16(22-14)20-12-5-2-6-18-15(12)26/h2,5-6,8,11H,3-4,7,9H2,1H3,(H,18,26)(H,21,27)(H,19,20,22).